The molecule has 2 aromatic carbocycles. The number of phenolic OH excluding ortho intramolecular Hbond substituents is 1. The first-order valence-electron chi connectivity index (χ1n) is 8.09. The molecule has 2 aromatic rings. The van der Waals surface area contributed by atoms with Gasteiger partial charge in [0.05, 0.1) is 19.3 Å². The van der Waals surface area contributed by atoms with Crippen LogP contribution in [0, 0.1) is 0 Å². The number of hydrogen-bond donors (Lipinski definition) is 2. The van der Waals surface area contributed by atoms with E-state index < -0.39 is 17.7 Å². The molecule has 1 fully saturated rings. The maximum Gasteiger partial charge on any atom is 0.446 e. The van der Waals surface area contributed by atoms with Gasteiger partial charge in [0, 0.05) is 16.1 Å². The van der Waals surface area contributed by atoms with Gasteiger partial charge in [-0.3, -0.25) is 0 Å². The van der Waals surface area contributed by atoms with Gasteiger partial charge in [-0.15, -0.1) is 0 Å². The van der Waals surface area contributed by atoms with Crippen molar-refractivity contribution in [1.29, 1.82) is 0 Å². The number of fused-ring (bicyclic) bond motifs is 3. The molecule has 3 unspecified atom stereocenters. The Morgan fingerprint density at radius 3 is 2.65 bits per heavy atom. The van der Waals surface area contributed by atoms with Crippen LogP contribution in [0.25, 0.3) is 0 Å². The van der Waals surface area contributed by atoms with Gasteiger partial charge < -0.3 is 19.9 Å². The largest absolute Gasteiger partial charge is 0.508 e. The lowest BCUT2D eigenvalue weighted by atomic mass is 9.87. The van der Waals surface area contributed by atoms with Crippen LogP contribution in [0.15, 0.2) is 47.4 Å². The Morgan fingerprint density at radius 1 is 1.08 bits per heavy atom. The predicted octanol–water partition coefficient (Wildman–Crippen LogP) is 4.63. The Bertz CT molecular complexity index is 815. The first kappa shape index (κ1) is 17.5. The molecule has 2 N–H and O–H groups in total. The number of nitrogens with one attached hydrogen (secondary N) is 1. The second kappa shape index (κ2) is 6.68. The summed E-state index contributed by atoms with van der Waals surface area (Å²) in [6, 6.07) is 11.1. The minimum Gasteiger partial charge on any atom is -0.508 e. The van der Waals surface area contributed by atoms with Crippen LogP contribution in [0.2, 0.25) is 0 Å². The van der Waals surface area contributed by atoms with Crippen molar-refractivity contribution in [2.45, 2.75) is 28.7 Å². The zero-order valence-corrected chi connectivity index (χ0v) is 14.3. The van der Waals surface area contributed by atoms with E-state index in [0.29, 0.717) is 24.5 Å². The Hall–Kier alpha value is -1.90. The van der Waals surface area contributed by atoms with E-state index in [-0.39, 0.29) is 28.4 Å². The van der Waals surface area contributed by atoms with Crippen LogP contribution in [0.3, 0.4) is 0 Å². The van der Waals surface area contributed by atoms with Crippen LogP contribution < -0.4 is 5.32 Å². The second-order valence-corrected chi connectivity index (χ2v) is 7.28. The smallest absolute Gasteiger partial charge is 0.446 e. The summed E-state index contributed by atoms with van der Waals surface area (Å²) in [6.45, 7) is 0.786. The number of thioether (sulfide) groups is 1. The van der Waals surface area contributed by atoms with Gasteiger partial charge in [-0.05, 0) is 47.7 Å². The number of benzene rings is 2. The third-order valence-electron chi connectivity index (χ3n) is 4.42. The number of rotatable bonds is 2. The SMILES string of the molecule is Oc1cccc(C2Nc3ccc(SC(F)(F)F)cc3C3OCCOC23)c1. The molecule has 0 amide bonds. The van der Waals surface area contributed by atoms with Gasteiger partial charge in [0.15, 0.2) is 0 Å². The summed E-state index contributed by atoms with van der Waals surface area (Å²) in [4.78, 5) is 0.113. The summed E-state index contributed by atoms with van der Waals surface area (Å²) in [5, 5.41) is 13.1. The van der Waals surface area contributed by atoms with E-state index in [1.807, 2.05) is 6.07 Å². The quantitative estimate of drug-likeness (QED) is 0.741. The number of aromatic hydroxyl groups is 1. The summed E-state index contributed by atoms with van der Waals surface area (Å²) in [5.41, 5.74) is -2.16. The number of alkyl halides is 3. The zero-order chi connectivity index (χ0) is 18.3. The molecule has 138 valence electrons. The third-order valence-corrected chi connectivity index (χ3v) is 5.14. The van der Waals surface area contributed by atoms with Crippen LogP contribution in [0.4, 0.5) is 18.9 Å². The molecule has 4 rings (SSSR count). The van der Waals surface area contributed by atoms with E-state index in [0.717, 1.165) is 5.56 Å². The van der Waals surface area contributed by atoms with Crippen molar-refractivity contribution >= 4 is 17.4 Å². The van der Waals surface area contributed by atoms with Crippen LogP contribution in [0.5, 0.6) is 5.75 Å². The highest BCUT2D eigenvalue weighted by molar-refractivity contribution is 8.00. The molecular formula is C18H16F3NO3S. The fraction of sp³-hybridized carbons (Fsp3) is 0.333. The standard InChI is InChI=1S/C18H16F3NO3S/c19-18(20,21)26-12-4-5-14-13(9-12)16-17(25-7-6-24-16)15(22-14)10-2-1-3-11(23)8-10/h1-5,8-9,15-17,22-23H,6-7H2. The van der Waals surface area contributed by atoms with Crippen LogP contribution in [-0.2, 0) is 9.47 Å². The Balaban J connectivity index is 1.72. The number of anilines is 1. The molecule has 0 bridgehead atoms. The second-order valence-electron chi connectivity index (χ2n) is 6.14. The third kappa shape index (κ3) is 3.49. The zero-order valence-electron chi connectivity index (χ0n) is 13.5. The van der Waals surface area contributed by atoms with Gasteiger partial charge in [-0.1, -0.05) is 12.1 Å². The molecule has 2 heterocycles. The molecule has 2 aliphatic rings. The lowest BCUT2D eigenvalue weighted by Crippen LogP contribution is -2.43. The average Bonchev–Trinajstić information content (AvgIpc) is 2.60. The fourth-order valence-corrected chi connectivity index (χ4v) is 4.01. The highest BCUT2D eigenvalue weighted by Gasteiger charge is 2.41. The molecule has 2 aliphatic heterocycles. The summed E-state index contributed by atoms with van der Waals surface area (Å²) in [5.74, 6) is 0.139. The molecule has 3 atom stereocenters. The highest BCUT2D eigenvalue weighted by atomic mass is 32.2. The van der Waals surface area contributed by atoms with Gasteiger partial charge in [0.2, 0.25) is 0 Å². The molecule has 8 heteroatoms. The van der Waals surface area contributed by atoms with Crippen LogP contribution >= 0.6 is 11.8 Å². The van der Waals surface area contributed by atoms with E-state index in [2.05, 4.69) is 5.32 Å². The Morgan fingerprint density at radius 2 is 1.88 bits per heavy atom. The molecule has 0 aromatic heterocycles. The maximum absolute atomic E-state index is 12.7. The van der Waals surface area contributed by atoms with Gasteiger partial charge >= 0.3 is 5.51 Å². The molecule has 0 saturated carbocycles. The summed E-state index contributed by atoms with van der Waals surface area (Å²) >= 11 is -0.145. The van der Waals surface area contributed by atoms with Crippen LogP contribution in [0.1, 0.15) is 23.3 Å². The highest BCUT2D eigenvalue weighted by Crippen LogP contribution is 2.47. The predicted molar refractivity (Wildman–Crippen MR) is 91.3 cm³/mol. The van der Waals surface area contributed by atoms with E-state index >= 15 is 0 Å². The van der Waals surface area contributed by atoms with Crippen molar-refractivity contribution in [3.8, 4) is 5.75 Å². The molecule has 0 aliphatic carbocycles. The van der Waals surface area contributed by atoms with Gasteiger partial charge in [-0.25, -0.2) is 0 Å². The van der Waals surface area contributed by atoms with Crippen molar-refractivity contribution in [2.24, 2.45) is 0 Å². The van der Waals surface area contributed by atoms with Crippen LogP contribution in [-0.4, -0.2) is 29.9 Å². The maximum atomic E-state index is 12.7. The van der Waals surface area contributed by atoms with E-state index in [9.17, 15) is 18.3 Å². The van der Waals surface area contributed by atoms with E-state index in [4.69, 9.17) is 9.47 Å². The van der Waals surface area contributed by atoms with Gasteiger partial charge in [0.25, 0.3) is 0 Å². The normalized spacial score (nSPS) is 25.1. The van der Waals surface area contributed by atoms with Crippen molar-refractivity contribution < 1.29 is 27.8 Å². The minimum absolute atomic E-state index is 0.113. The minimum atomic E-state index is -4.34. The lowest BCUT2D eigenvalue weighted by molar-refractivity contribution is -0.151. The summed E-state index contributed by atoms with van der Waals surface area (Å²) < 4.78 is 49.8. The number of phenols is 1. The fourth-order valence-electron chi connectivity index (χ4n) is 3.42. The monoisotopic (exact) mass is 383 g/mol. The first-order chi connectivity index (χ1) is 12.4. The summed E-state index contributed by atoms with van der Waals surface area (Å²) in [6.07, 6.45) is -0.870. The van der Waals surface area contributed by atoms with Crippen molar-refractivity contribution in [2.75, 3.05) is 18.5 Å². The lowest BCUT2D eigenvalue weighted by Gasteiger charge is -2.43. The Kier molecular flexibility index (Phi) is 4.50. The Labute approximate surface area is 152 Å². The molecule has 0 spiro atoms. The molecule has 4 nitrogen and oxygen atoms in total. The molecule has 26 heavy (non-hydrogen) atoms. The first-order valence-corrected chi connectivity index (χ1v) is 8.91. The van der Waals surface area contributed by atoms with Gasteiger partial charge in [-0.2, -0.15) is 13.2 Å². The molecule has 1 saturated heterocycles. The average molecular weight is 383 g/mol. The van der Waals surface area contributed by atoms with E-state index in [1.165, 1.54) is 12.1 Å². The van der Waals surface area contributed by atoms with Gasteiger partial charge in [0.1, 0.15) is 18.0 Å². The van der Waals surface area contributed by atoms with Crippen molar-refractivity contribution in [3.05, 3.63) is 53.6 Å². The summed E-state index contributed by atoms with van der Waals surface area (Å²) in [7, 11) is 0. The van der Waals surface area contributed by atoms with Crippen molar-refractivity contribution in [1.82, 2.24) is 0 Å². The van der Waals surface area contributed by atoms with E-state index in [1.54, 1.807) is 24.3 Å². The number of ether oxygens (including phenoxy) is 2. The molecule has 0 radical (unpaired) electrons. The number of hydrogen-bond acceptors (Lipinski definition) is 5. The molecular weight excluding hydrogens is 367 g/mol. The topological polar surface area (TPSA) is 50.7 Å². The number of halogens is 3. The van der Waals surface area contributed by atoms with Crippen molar-refractivity contribution in [3.63, 3.8) is 0 Å².